The summed E-state index contributed by atoms with van der Waals surface area (Å²) in [4.78, 5) is 24.8. The molecule has 0 aliphatic carbocycles. The molecule has 0 aromatic rings. The largest absolute Gasteiger partial charge is 0.481 e. The van der Waals surface area contributed by atoms with Gasteiger partial charge in [0.25, 0.3) is 0 Å². The van der Waals surface area contributed by atoms with Crippen LogP contribution >= 0.6 is 11.8 Å². The van der Waals surface area contributed by atoms with E-state index in [1.807, 2.05) is 0 Å². The lowest BCUT2D eigenvalue weighted by atomic mass is 9.98. The SMILES string of the molecule is O=C(O)C1CCCN(C(=O)CSCC2CCCCO2)C1. The Hall–Kier alpha value is -0.750. The van der Waals surface area contributed by atoms with E-state index >= 15 is 0 Å². The highest BCUT2D eigenvalue weighted by Crippen LogP contribution is 2.20. The van der Waals surface area contributed by atoms with Crippen LogP contribution in [0.2, 0.25) is 0 Å². The number of thioether (sulfide) groups is 1. The fourth-order valence-electron chi connectivity index (χ4n) is 2.71. The van der Waals surface area contributed by atoms with Crippen molar-refractivity contribution in [2.24, 2.45) is 5.92 Å². The van der Waals surface area contributed by atoms with E-state index < -0.39 is 5.97 Å². The lowest BCUT2D eigenvalue weighted by Gasteiger charge is -2.31. The first kappa shape index (κ1) is 15.6. The Morgan fingerprint density at radius 3 is 2.80 bits per heavy atom. The summed E-state index contributed by atoms with van der Waals surface area (Å²) in [7, 11) is 0. The molecule has 5 nitrogen and oxygen atoms in total. The van der Waals surface area contributed by atoms with Crippen molar-refractivity contribution in [3.05, 3.63) is 0 Å². The van der Waals surface area contributed by atoms with Crippen molar-refractivity contribution in [3.63, 3.8) is 0 Å². The van der Waals surface area contributed by atoms with Crippen molar-refractivity contribution < 1.29 is 19.4 Å². The van der Waals surface area contributed by atoms with Gasteiger partial charge in [-0.25, -0.2) is 0 Å². The molecular formula is C14H23NO4S. The maximum atomic E-state index is 12.1. The molecule has 0 saturated carbocycles. The molecule has 2 aliphatic heterocycles. The van der Waals surface area contributed by atoms with Crippen LogP contribution in [0.25, 0.3) is 0 Å². The molecule has 114 valence electrons. The van der Waals surface area contributed by atoms with Crippen molar-refractivity contribution >= 4 is 23.6 Å². The predicted molar refractivity (Wildman–Crippen MR) is 77.9 cm³/mol. The molecule has 2 aliphatic rings. The van der Waals surface area contributed by atoms with Crippen molar-refractivity contribution in [2.45, 2.75) is 38.2 Å². The van der Waals surface area contributed by atoms with E-state index in [0.717, 1.165) is 31.6 Å². The van der Waals surface area contributed by atoms with E-state index in [9.17, 15) is 9.59 Å². The van der Waals surface area contributed by atoms with Gasteiger partial charge >= 0.3 is 5.97 Å². The third-order valence-electron chi connectivity index (χ3n) is 3.93. The van der Waals surface area contributed by atoms with Gasteiger partial charge in [0.2, 0.25) is 5.91 Å². The van der Waals surface area contributed by atoms with Crippen LogP contribution in [0.3, 0.4) is 0 Å². The van der Waals surface area contributed by atoms with Gasteiger partial charge < -0.3 is 14.7 Å². The number of piperidine rings is 1. The minimum Gasteiger partial charge on any atom is -0.481 e. The summed E-state index contributed by atoms with van der Waals surface area (Å²) in [6.45, 7) is 1.91. The van der Waals surface area contributed by atoms with Crippen LogP contribution in [-0.2, 0) is 14.3 Å². The Balaban J connectivity index is 1.67. The number of carbonyl (C=O) groups is 2. The summed E-state index contributed by atoms with van der Waals surface area (Å²) in [5, 5.41) is 9.02. The Morgan fingerprint density at radius 1 is 1.25 bits per heavy atom. The van der Waals surface area contributed by atoms with Gasteiger partial charge in [-0.2, -0.15) is 0 Å². The predicted octanol–water partition coefficient (Wildman–Crippen LogP) is 1.61. The molecule has 2 atom stereocenters. The number of nitrogens with zero attached hydrogens (tertiary/aromatic N) is 1. The topological polar surface area (TPSA) is 66.8 Å². The highest BCUT2D eigenvalue weighted by Gasteiger charge is 2.28. The third kappa shape index (κ3) is 4.66. The van der Waals surface area contributed by atoms with Crippen molar-refractivity contribution in [1.82, 2.24) is 4.90 Å². The average molecular weight is 301 g/mol. The zero-order chi connectivity index (χ0) is 14.4. The summed E-state index contributed by atoms with van der Waals surface area (Å²) in [6, 6.07) is 0. The second kappa shape index (κ2) is 7.88. The molecular weight excluding hydrogens is 278 g/mol. The summed E-state index contributed by atoms with van der Waals surface area (Å²) < 4.78 is 5.63. The highest BCUT2D eigenvalue weighted by atomic mass is 32.2. The van der Waals surface area contributed by atoms with Crippen molar-refractivity contribution in [2.75, 3.05) is 31.2 Å². The number of aliphatic carboxylic acids is 1. The number of hydrogen-bond acceptors (Lipinski definition) is 4. The van der Waals surface area contributed by atoms with Gasteiger partial charge in [-0.3, -0.25) is 9.59 Å². The fourth-order valence-corrected chi connectivity index (χ4v) is 3.71. The second-order valence-electron chi connectivity index (χ2n) is 5.52. The first-order chi connectivity index (χ1) is 9.66. The molecule has 2 heterocycles. The number of likely N-dealkylation sites (tertiary alicyclic amines) is 1. The molecule has 2 rings (SSSR count). The summed E-state index contributed by atoms with van der Waals surface area (Å²) >= 11 is 1.61. The number of carbonyl (C=O) groups excluding carboxylic acids is 1. The van der Waals surface area contributed by atoms with Crippen LogP contribution in [-0.4, -0.2) is 59.2 Å². The lowest BCUT2D eigenvalue weighted by Crippen LogP contribution is -2.43. The van der Waals surface area contributed by atoms with E-state index in [0.29, 0.717) is 25.3 Å². The van der Waals surface area contributed by atoms with Crippen molar-refractivity contribution in [1.29, 1.82) is 0 Å². The number of hydrogen-bond donors (Lipinski definition) is 1. The van der Waals surface area contributed by atoms with Gasteiger partial charge in [0.15, 0.2) is 0 Å². The highest BCUT2D eigenvalue weighted by molar-refractivity contribution is 7.99. The van der Waals surface area contributed by atoms with E-state index in [2.05, 4.69) is 0 Å². The molecule has 20 heavy (non-hydrogen) atoms. The summed E-state index contributed by atoms with van der Waals surface area (Å²) in [5.41, 5.74) is 0. The number of amides is 1. The van der Waals surface area contributed by atoms with Crippen molar-refractivity contribution in [3.8, 4) is 0 Å². The van der Waals surface area contributed by atoms with Gasteiger partial charge in [0.1, 0.15) is 0 Å². The first-order valence-electron chi connectivity index (χ1n) is 7.36. The fraction of sp³-hybridized carbons (Fsp3) is 0.857. The number of carboxylic acids is 1. The standard InChI is InChI=1S/C14H23NO4S/c16-13(10-20-9-12-5-1-2-7-19-12)15-6-3-4-11(8-15)14(17)18/h11-12H,1-10H2,(H,17,18). The summed E-state index contributed by atoms with van der Waals surface area (Å²) in [5.74, 6) is 0.190. The summed E-state index contributed by atoms with van der Waals surface area (Å²) in [6.07, 6.45) is 5.21. The van der Waals surface area contributed by atoms with Crippen LogP contribution in [0.15, 0.2) is 0 Å². The lowest BCUT2D eigenvalue weighted by molar-refractivity contribution is -0.145. The number of rotatable bonds is 5. The smallest absolute Gasteiger partial charge is 0.308 e. The van der Waals surface area contributed by atoms with Crippen LogP contribution < -0.4 is 0 Å². The minimum absolute atomic E-state index is 0.0664. The average Bonchev–Trinajstić information content (AvgIpc) is 2.48. The molecule has 0 aromatic carbocycles. The zero-order valence-electron chi connectivity index (χ0n) is 11.8. The van der Waals surface area contributed by atoms with Gasteiger partial charge in [-0.15, -0.1) is 11.8 Å². The molecule has 2 fully saturated rings. The van der Waals surface area contributed by atoms with Crippen LogP contribution in [0, 0.1) is 5.92 Å². The van der Waals surface area contributed by atoms with Gasteiger partial charge in [-0.1, -0.05) is 0 Å². The van der Waals surface area contributed by atoms with E-state index in [4.69, 9.17) is 9.84 Å². The molecule has 0 aromatic heterocycles. The number of ether oxygens (including phenoxy) is 1. The Kier molecular flexibility index (Phi) is 6.16. The second-order valence-corrected chi connectivity index (χ2v) is 6.55. The van der Waals surface area contributed by atoms with E-state index in [1.54, 1.807) is 16.7 Å². The molecule has 1 N–H and O–H groups in total. The van der Waals surface area contributed by atoms with Crippen LogP contribution in [0.1, 0.15) is 32.1 Å². The van der Waals surface area contributed by atoms with Crippen LogP contribution in [0.4, 0.5) is 0 Å². The van der Waals surface area contributed by atoms with E-state index in [1.165, 1.54) is 6.42 Å². The normalized spacial score (nSPS) is 27.3. The Labute approximate surface area is 124 Å². The molecule has 2 unspecified atom stereocenters. The van der Waals surface area contributed by atoms with Gasteiger partial charge in [0.05, 0.1) is 17.8 Å². The molecule has 6 heteroatoms. The Bertz CT molecular complexity index is 344. The number of carboxylic acid groups (broad SMARTS) is 1. The molecule has 1 amide bonds. The quantitative estimate of drug-likeness (QED) is 0.835. The maximum Gasteiger partial charge on any atom is 0.308 e. The molecule has 0 spiro atoms. The molecule has 0 bridgehead atoms. The minimum atomic E-state index is -0.786. The van der Waals surface area contributed by atoms with Gasteiger partial charge in [-0.05, 0) is 32.1 Å². The van der Waals surface area contributed by atoms with Gasteiger partial charge in [0, 0.05) is 25.4 Å². The van der Waals surface area contributed by atoms with E-state index in [-0.39, 0.29) is 17.9 Å². The first-order valence-corrected chi connectivity index (χ1v) is 8.52. The monoisotopic (exact) mass is 301 g/mol. The third-order valence-corrected chi connectivity index (χ3v) is 4.99. The zero-order valence-corrected chi connectivity index (χ0v) is 12.6. The maximum absolute atomic E-state index is 12.1. The Morgan fingerprint density at radius 2 is 2.10 bits per heavy atom. The molecule has 2 saturated heterocycles. The van der Waals surface area contributed by atoms with Crippen LogP contribution in [0.5, 0.6) is 0 Å². The molecule has 0 radical (unpaired) electrons.